The average Bonchev–Trinajstić information content (AvgIpc) is 3.61. The SMILES string of the molecule is CC.CC.CC.CC.CC.CC.CC(C)(C)C1CCc2ccccc21.CC(C)(C)C1CCc2ccccc21. The minimum absolute atomic E-state index is 0.423. The van der Waals surface area contributed by atoms with Crippen molar-refractivity contribution in [2.75, 3.05) is 0 Å². The third kappa shape index (κ3) is 15.1. The zero-order valence-electron chi connectivity index (χ0n) is 29.6. The summed E-state index contributed by atoms with van der Waals surface area (Å²) in [7, 11) is 0. The second-order valence-electron chi connectivity index (χ2n) is 10.3. The van der Waals surface area contributed by atoms with Crippen LogP contribution >= 0.6 is 0 Å². The molecule has 224 valence electrons. The summed E-state index contributed by atoms with van der Waals surface area (Å²) in [5, 5.41) is 0. The Labute approximate surface area is 243 Å². The van der Waals surface area contributed by atoms with Crippen LogP contribution in [0.2, 0.25) is 0 Å². The molecule has 0 nitrogen and oxygen atoms in total. The Balaban J connectivity index is -0.000000219. The van der Waals surface area contributed by atoms with Crippen LogP contribution in [0.15, 0.2) is 48.5 Å². The van der Waals surface area contributed by atoms with E-state index in [1.165, 1.54) is 25.7 Å². The van der Waals surface area contributed by atoms with E-state index >= 15 is 0 Å². The number of hydrogen-bond acceptors (Lipinski definition) is 0. The van der Waals surface area contributed by atoms with Crippen LogP contribution in [0.1, 0.15) is 172 Å². The minimum atomic E-state index is 0.423. The fraction of sp³-hybridized carbons (Fsp3) is 0.684. The smallest absolute Gasteiger partial charge is 0.0107 e. The van der Waals surface area contributed by atoms with Crippen molar-refractivity contribution in [3.05, 3.63) is 70.8 Å². The van der Waals surface area contributed by atoms with Crippen molar-refractivity contribution in [1.82, 2.24) is 0 Å². The van der Waals surface area contributed by atoms with Crippen molar-refractivity contribution >= 4 is 0 Å². The molecule has 0 aromatic heterocycles. The molecule has 0 heteroatoms. The van der Waals surface area contributed by atoms with E-state index in [1.807, 2.05) is 83.1 Å². The molecule has 2 aromatic carbocycles. The third-order valence-electron chi connectivity index (χ3n) is 6.36. The van der Waals surface area contributed by atoms with Gasteiger partial charge in [0.15, 0.2) is 0 Å². The molecule has 0 radical (unpaired) electrons. The van der Waals surface area contributed by atoms with E-state index in [0.29, 0.717) is 10.8 Å². The van der Waals surface area contributed by atoms with Gasteiger partial charge in [0.25, 0.3) is 0 Å². The lowest BCUT2D eigenvalue weighted by Gasteiger charge is -2.27. The van der Waals surface area contributed by atoms with Gasteiger partial charge in [-0.2, -0.15) is 0 Å². The summed E-state index contributed by atoms with van der Waals surface area (Å²) in [6.45, 7) is 38.1. The molecule has 0 bridgehead atoms. The van der Waals surface area contributed by atoms with Crippen molar-refractivity contribution in [2.24, 2.45) is 10.8 Å². The Morgan fingerprint density at radius 2 is 0.658 bits per heavy atom. The van der Waals surface area contributed by atoms with E-state index in [-0.39, 0.29) is 0 Å². The fourth-order valence-corrected chi connectivity index (χ4v) is 4.91. The first kappa shape index (κ1) is 43.5. The average molecular weight is 529 g/mol. The highest BCUT2D eigenvalue weighted by Crippen LogP contribution is 2.45. The van der Waals surface area contributed by atoms with Crippen LogP contribution < -0.4 is 0 Å². The Morgan fingerprint density at radius 1 is 0.421 bits per heavy atom. The zero-order valence-corrected chi connectivity index (χ0v) is 29.6. The minimum Gasteiger partial charge on any atom is -0.0683 e. The number of aryl methyl sites for hydroxylation is 2. The Kier molecular flexibility index (Phi) is 29.4. The van der Waals surface area contributed by atoms with Crippen molar-refractivity contribution in [3.8, 4) is 0 Å². The maximum Gasteiger partial charge on any atom is -0.0107 e. The molecule has 0 aliphatic heterocycles. The maximum absolute atomic E-state index is 2.35. The molecule has 0 saturated heterocycles. The molecule has 0 spiro atoms. The van der Waals surface area contributed by atoms with Gasteiger partial charge in [-0.1, -0.05) is 173 Å². The number of benzene rings is 2. The lowest BCUT2D eigenvalue weighted by Crippen LogP contribution is -2.15. The monoisotopic (exact) mass is 529 g/mol. The summed E-state index contributed by atoms with van der Waals surface area (Å²) >= 11 is 0. The van der Waals surface area contributed by atoms with Crippen LogP contribution in [0, 0.1) is 10.8 Å². The summed E-state index contributed by atoms with van der Waals surface area (Å²) in [5.74, 6) is 1.53. The Bertz CT molecular complexity index is 674. The van der Waals surface area contributed by atoms with Crippen LogP contribution in [-0.2, 0) is 12.8 Å². The molecule has 2 aliphatic carbocycles. The van der Waals surface area contributed by atoms with Gasteiger partial charge in [0.05, 0.1) is 0 Å². The summed E-state index contributed by atoms with van der Waals surface area (Å²) in [6, 6.07) is 17.8. The quantitative estimate of drug-likeness (QED) is 0.319. The summed E-state index contributed by atoms with van der Waals surface area (Å²) < 4.78 is 0. The summed E-state index contributed by atoms with van der Waals surface area (Å²) in [4.78, 5) is 0. The van der Waals surface area contributed by atoms with E-state index in [0.717, 1.165) is 11.8 Å². The molecule has 2 aliphatic rings. The van der Waals surface area contributed by atoms with Gasteiger partial charge in [-0.3, -0.25) is 0 Å². The first-order valence-corrected chi connectivity index (χ1v) is 16.3. The van der Waals surface area contributed by atoms with Crippen LogP contribution in [0.25, 0.3) is 0 Å². The van der Waals surface area contributed by atoms with Gasteiger partial charge in [-0.15, -0.1) is 0 Å². The molecule has 2 atom stereocenters. The van der Waals surface area contributed by atoms with Gasteiger partial charge < -0.3 is 0 Å². The highest BCUT2D eigenvalue weighted by molar-refractivity contribution is 5.36. The highest BCUT2D eigenvalue weighted by Gasteiger charge is 2.32. The Hall–Kier alpha value is -1.56. The lowest BCUT2D eigenvalue weighted by molar-refractivity contribution is 0.319. The third-order valence-corrected chi connectivity index (χ3v) is 6.36. The second-order valence-corrected chi connectivity index (χ2v) is 10.3. The molecule has 2 unspecified atom stereocenters. The highest BCUT2D eigenvalue weighted by atomic mass is 14.4. The van der Waals surface area contributed by atoms with E-state index in [9.17, 15) is 0 Å². The normalized spacial score (nSPS) is 15.7. The molecule has 0 N–H and O–H groups in total. The lowest BCUT2D eigenvalue weighted by atomic mass is 9.77. The molecular weight excluding hydrogens is 456 g/mol. The predicted molar refractivity (Wildman–Crippen MR) is 182 cm³/mol. The summed E-state index contributed by atoms with van der Waals surface area (Å²) in [5.41, 5.74) is 7.18. The van der Waals surface area contributed by atoms with Crippen molar-refractivity contribution in [2.45, 2.75) is 162 Å². The van der Waals surface area contributed by atoms with E-state index in [2.05, 4.69) is 90.1 Å². The van der Waals surface area contributed by atoms with Crippen LogP contribution in [0.3, 0.4) is 0 Å². The second kappa shape index (κ2) is 25.7. The van der Waals surface area contributed by atoms with Gasteiger partial charge in [-0.25, -0.2) is 0 Å². The van der Waals surface area contributed by atoms with Gasteiger partial charge in [0, 0.05) is 0 Å². The zero-order chi connectivity index (χ0) is 30.9. The predicted octanol–water partition coefficient (Wildman–Crippen LogP) is 13.7. The summed E-state index contributed by atoms with van der Waals surface area (Å²) in [6.07, 6.45) is 5.22. The number of hydrogen-bond donors (Lipinski definition) is 0. The van der Waals surface area contributed by atoms with Crippen LogP contribution in [-0.4, -0.2) is 0 Å². The molecule has 0 fully saturated rings. The fourth-order valence-electron chi connectivity index (χ4n) is 4.91. The molecule has 0 amide bonds. The van der Waals surface area contributed by atoms with Gasteiger partial charge in [0.1, 0.15) is 0 Å². The van der Waals surface area contributed by atoms with E-state index in [1.54, 1.807) is 22.3 Å². The van der Waals surface area contributed by atoms with E-state index in [4.69, 9.17) is 0 Å². The van der Waals surface area contributed by atoms with Gasteiger partial charge in [0.2, 0.25) is 0 Å². The van der Waals surface area contributed by atoms with E-state index < -0.39 is 0 Å². The first-order chi connectivity index (χ1) is 18.2. The molecule has 0 heterocycles. The van der Waals surface area contributed by atoms with Crippen molar-refractivity contribution in [1.29, 1.82) is 0 Å². The number of fused-ring (bicyclic) bond motifs is 2. The van der Waals surface area contributed by atoms with Gasteiger partial charge >= 0.3 is 0 Å². The largest absolute Gasteiger partial charge is 0.0683 e. The van der Waals surface area contributed by atoms with Crippen molar-refractivity contribution < 1.29 is 0 Å². The first-order valence-electron chi connectivity index (χ1n) is 16.3. The van der Waals surface area contributed by atoms with Crippen molar-refractivity contribution in [3.63, 3.8) is 0 Å². The molecular formula is C38H72. The maximum atomic E-state index is 2.35. The molecule has 2 aromatic rings. The number of rotatable bonds is 0. The van der Waals surface area contributed by atoms with Crippen LogP contribution in [0.5, 0.6) is 0 Å². The standard InChI is InChI=1S/2C13H18.6C2H6/c2*1-13(2,3)12-9-8-10-6-4-5-7-11(10)12;6*1-2/h2*4-7,12H,8-9H2,1-3H3;6*1-2H3. The Morgan fingerprint density at radius 3 is 0.895 bits per heavy atom. The molecule has 38 heavy (non-hydrogen) atoms. The van der Waals surface area contributed by atoms with Gasteiger partial charge in [-0.05, 0) is 70.6 Å². The molecule has 4 rings (SSSR count). The topological polar surface area (TPSA) is 0 Å². The van der Waals surface area contributed by atoms with Crippen LogP contribution in [0.4, 0.5) is 0 Å². The molecule has 0 saturated carbocycles.